The van der Waals surface area contributed by atoms with Crippen molar-refractivity contribution >= 4 is 12.2 Å². The van der Waals surface area contributed by atoms with Crippen LogP contribution in [-0.4, -0.2) is 9.13 Å². The van der Waals surface area contributed by atoms with Gasteiger partial charge in [0.15, 0.2) is 0 Å². The number of rotatable bonds is 4. The third-order valence-electron chi connectivity index (χ3n) is 5.03. The molecule has 4 rings (SSSR count). The molecule has 0 amide bonds. The quantitative estimate of drug-likeness (QED) is 0.533. The molecular weight excluding hydrogens is 372 g/mol. The van der Waals surface area contributed by atoms with Crippen LogP contribution in [0.5, 0.6) is 0 Å². The molecule has 0 aliphatic carbocycles. The Hall–Kier alpha value is -3.92. The summed E-state index contributed by atoms with van der Waals surface area (Å²) in [7, 11) is 1.65. The summed E-state index contributed by atoms with van der Waals surface area (Å²) in [5.41, 5.74) is 2.29. The van der Waals surface area contributed by atoms with Crippen molar-refractivity contribution in [3.8, 4) is 0 Å². The van der Waals surface area contributed by atoms with E-state index in [9.17, 15) is 9.59 Å². The highest BCUT2D eigenvalue weighted by atomic mass is 16.1. The van der Waals surface area contributed by atoms with Crippen molar-refractivity contribution in [2.24, 2.45) is 7.05 Å². The molecule has 4 aromatic rings. The van der Waals surface area contributed by atoms with Crippen molar-refractivity contribution in [2.45, 2.75) is 6.54 Å². The maximum Gasteiger partial charge on any atom is 0.275 e. The van der Waals surface area contributed by atoms with Gasteiger partial charge in [0.25, 0.3) is 11.1 Å². The van der Waals surface area contributed by atoms with Crippen molar-refractivity contribution in [1.29, 1.82) is 0 Å². The fraction of sp³-hybridized carbons (Fsp3) is 0.0769. The number of hydrogen-bond donors (Lipinski definition) is 0. The highest BCUT2D eigenvalue weighted by molar-refractivity contribution is 5.49. The largest absolute Gasteiger partial charge is 0.305 e. The molecule has 0 aliphatic rings. The highest BCUT2D eigenvalue weighted by Gasteiger charge is 2.09. The van der Waals surface area contributed by atoms with Gasteiger partial charge in [-0.25, -0.2) is 0 Å². The van der Waals surface area contributed by atoms with Crippen molar-refractivity contribution in [1.82, 2.24) is 9.13 Å². The fourth-order valence-electron chi connectivity index (χ4n) is 3.42. The minimum Gasteiger partial charge on any atom is -0.305 e. The van der Waals surface area contributed by atoms with Crippen molar-refractivity contribution in [2.75, 3.05) is 0 Å². The Balaban J connectivity index is 2.04. The molecule has 0 fully saturated rings. The molecule has 148 valence electrons. The van der Waals surface area contributed by atoms with Crippen LogP contribution in [0, 0.1) is 0 Å². The molecular formula is C26H22N2O2. The van der Waals surface area contributed by atoms with E-state index < -0.39 is 0 Å². The topological polar surface area (TPSA) is 44.0 Å². The van der Waals surface area contributed by atoms with Crippen molar-refractivity contribution in [3.05, 3.63) is 139 Å². The molecule has 4 heteroatoms. The molecule has 0 aliphatic heterocycles. The van der Waals surface area contributed by atoms with Crippen LogP contribution in [0.1, 0.15) is 16.7 Å². The summed E-state index contributed by atoms with van der Waals surface area (Å²) >= 11 is 0. The third-order valence-corrected chi connectivity index (χ3v) is 5.03. The Morgan fingerprint density at radius 3 is 1.63 bits per heavy atom. The maximum absolute atomic E-state index is 13.5. The van der Waals surface area contributed by atoms with Gasteiger partial charge in [-0.1, -0.05) is 91.0 Å². The molecule has 0 saturated heterocycles. The monoisotopic (exact) mass is 394 g/mol. The first-order valence-electron chi connectivity index (χ1n) is 9.81. The first-order valence-corrected chi connectivity index (χ1v) is 9.81. The first kappa shape index (κ1) is 19.4. The normalized spacial score (nSPS) is 12.3. The summed E-state index contributed by atoms with van der Waals surface area (Å²) in [6.07, 6.45) is 3.54. The summed E-state index contributed by atoms with van der Waals surface area (Å²) in [4.78, 5) is 26.8. The number of aromatic nitrogens is 2. The van der Waals surface area contributed by atoms with E-state index in [1.54, 1.807) is 23.8 Å². The van der Waals surface area contributed by atoms with Gasteiger partial charge in [0.05, 0.1) is 6.54 Å². The predicted octanol–water partition coefficient (Wildman–Crippen LogP) is 2.25. The lowest BCUT2D eigenvalue weighted by Crippen LogP contribution is -2.57. The van der Waals surface area contributed by atoms with Gasteiger partial charge in [-0.05, 0) is 28.8 Å². The molecule has 0 saturated carbocycles. The molecule has 3 aromatic carbocycles. The van der Waals surface area contributed by atoms with Gasteiger partial charge in [0, 0.05) is 7.05 Å². The standard InChI is InChI=1S/C26H22N2O2/c1-27-23(17-20-11-5-2-6-12-20)26(30)28(19-22-15-9-4-10-16-22)24(25(27)29)18-21-13-7-3-8-14-21/h2-18H,19H2,1H3/b23-17-,24-18-. The van der Waals surface area contributed by atoms with Gasteiger partial charge in [-0.3, -0.25) is 14.2 Å². The second-order valence-electron chi connectivity index (χ2n) is 7.12. The van der Waals surface area contributed by atoms with E-state index in [1.807, 2.05) is 91.0 Å². The number of nitrogens with zero attached hydrogens (tertiary/aromatic N) is 2. The molecule has 1 aromatic heterocycles. The van der Waals surface area contributed by atoms with Crippen molar-refractivity contribution < 1.29 is 0 Å². The summed E-state index contributed by atoms with van der Waals surface area (Å²) in [5, 5.41) is 0.718. The van der Waals surface area contributed by atoms with E-state index >= 15 is 0 Å². The molecule has 0 radical (unpaired) electrons. The van der Waals surface area contributed by atoms with Crippen LogP contribution < -0.4 is 21.8 Å². The SMILES string of the molecule is Cn1c(=O)/c(=C/c2ccccc2)n(Cc2ccccc2)c(=O)/c1=C/c1ccccc1. The predicted molar refractivity (Wildman–Crippen MR) is 121 cm³/mol. The smallest absolute Gasteiger partial charge is 0.275 e. The minimum absolute atomic E-state index is 0.202. The van der Waals surface area contributed by atoms with E-state index in [1.165, 1.54) is 4.57 Å². The molecule has 0 spiro atoms. The van der Waals surface area contributed by atoms with Crippen LogP contribution in [0.25, 0.3) is 12.2 Å². The van der Waals surface area contributed by atoms with Crippen LogP contribution in [0.4, 0.5) is 0 Å². The lowest BCUT2D eigenvalue weighted by atomic mass is 10.2. The Labute approximate surface area is 174 Å². The van der Waals surface area contributed by atoms with Crippen LogP contribution in [0.2, 0.25) is 0 Å². The molecule has 0 unspecified atom stereocenters. The van der Waals surface area contributed by atoms with E-state index in [0.717, 1.165) is 16.7 Å². The summed E-state index contributed by atoms with van der Waals surface area (Å²) in [6.45, 7) is 0.323. The molecule has 0 bridgehead atoms. The maximum atomic E-state index is 13.5. The van der Waals surface area contributed by atoms with Gasteiger partial charge in [0.2, 0.25) is 0 Å². The molecule has 4 nitrogen and oxygen atoms in total. The first-order chi connectivity index (χ1) is 14.6. The Morgan fingerprint density at radius 1 is 0.633 bits per heavy atom. The third kappa shape index (κ3) is 4.08. The molecule has 1 heterocycles. The zero-order valence-corrected chi connectivity index (χ0v) is 16.7. The zero-order valence-electron chi connectivity index (χ0n) is 16.7. The van der Waals surface area contributed by atoms with Gasteiger partial charge >= 0.3 is 0 Å². The van der Waals surface area contributed by atoms with Crippen LogP contribution >= 0.6 is 0 Å². The van der Waals surface area contributed by atoms with Gasteiger partial charge < -0.3 is 4.57 Å². The lowest BCUT2D eigenvalue weighted by Gasteiger charge is -2.10. The van der Waals surface area contributed by atoms with Gasteiger partial charge in [-0.2, -0.15) is 0 Å². The summed E-state index contributed by atoms with van der Waals surface area (Å²) in [5.74, 6) is 0. The van der Waals surface area contributed by atoms with Gasteiger partial charge in [-0.15, -0.1) is 0 Å². The Kier molecular flexibility index (Phi) is 5.57. The Morgan fingerprint density at radius 2 is 1.10 bits per heavy atom. The Bertz CT molecular complexity index is 1390. The average molecular weight is 394 g/mol. The van der Waals surface area contributed by atoms with E-state index in [2.05, 4.69) is 0 Å². The lowest BCUT2D eigenvalue weighted by molar-refractivity contribution is 0.654. The average Bonchev–Trinajstić information content (AvgIpc) is 2.79. The van der Waals surface area contributed by atoms with E-state index in [4.69, 9.17) is 0 Å². The van der Waals surface area contributed by atoms with Crippen LogP contribution in [0.15, 0.2) is 101 Å². The highest BCUT2D eigenvalue weighted by Crippen LogP contribution is 2.01. The second kappa shape index (κ2) is 8.62. The van der Waals surface area contributed by atoms with Crippen LogP contribution in [0.3, 0.4) is 0 Å². The van der Waals surface area contributed by atoms with E-state index in [0.29, 0.717) is 17.2 Å². The second-order valence-corrected chi connectivity index (χ2v) is 7.12. The molecule has 30 heavy (non-hydrogen) atoms. The van der Waals surface area contributed by atoms with Gasteiger partial charge in [0.1, 0.15) is 10.7 Å². The molecule has 0 N–H and O–H groups in total. The van der Waals surface area contributed by atoms with Crippen LogP contribution in [-0.2, 0) is 13.6 Å². The summed E-state index contributed by atoms with van der Waals surface area (Å²) in [6, 6.07) is 28.8. The number of hydrogen-bond acceptors (Lipinski definition) is 2. The van der Waals surface area contributed by atoms with Crippen molar-refractivity contribution in [3.63, 3.8) is 0 Å². The number of benzene rings is 3. The fourth-order valence-corrected chi connectivity index (χ4v) is 3.42. The molecule has 0 atom stereocenters. The summed E-state index contributed by atoms with van der Waals surface area (Å²) < 4.78 is 3.00. The van der Waals surface area contributed by atoms with E-state index in [-0.39, 0.29) is 11.1 Å². The zero-order chi connectivity index (χ0) is 20.9. The minimum atomic E-state index is -0.212.